The lowest BCUT2D eigenvalue weighted by Gasteiger charge is -2.39. The number of carbonyl (C=O) groups excluding carboxylic acids is 1. The monoisotopic (exact) mass is 323 g/mol. The molecule has 1 aromatic rings. The molecule has 1 amide bonds. The first-order valence-electron chi connectivity index (χ1n) is 7.66. The van der Waals surface area contributed by atoms with E-state index in [0.717, 1.165) is 0 Å². The van der Waals surface area contributed by atoms with Crippen LogP contribution in [0.15, 0.2) is 24.3 Å². The molecule has 5 nitrogen and oxygen atoms in total. The van der Waals surface area contributed by atoms with Gasteiger partial charge in [-0.05, 0) is 50.5 Å². The van der Waals surface area contributed by atoms with Crippen LogP contribution in [0.2, 0.25) is 0 Å². The van der Waals surface area contributed by atoms with Gasteiger partial charge in [0.05, 0.1) is 5.92 Å². The van der Waals surface area contributed by atoms with Crippen LogP contribution in [-0.2, 0) is 9.59 Å². The lowest BCUT2D eigenvalue weighted by molar-refractivity contribution is -0.153. The summed E-state index contributed by atoms with van der Waals surface area (Å²) in [6, 6.07) is 5.45. The highest BCUT2D eigenvalue weighted by molar-refractivity contribution is 5.85. The van der Waals surface area contributed by atoms with Crippen molar-refractivity contribution < 1.29 is 23.8 Å². The number of halogens is 1. The summed E-state index contributed by atoms with van der Waals surface area (Å²) in [6.45, 7) is 5.90. The zero-order valence-electron chi connectivity index (χ0n) is 13.6. The number of nitrogens with zero attached hydrogens (tertiary/aromatic N) is 1. The van der Waals surface area contributed by atoms with Crippen LogP contribution in [0, 0.1) is 17.7 Å². The average Bonchev–Trinajstić information content (AvgIpc) is 2.48. The van der Waals surface area contributed by atoms with E-state index in [0.29, 0.717) is 18.7 Å². The Morgan fingerprint density at radius 3 is 2.43 bits per heavy atom. The fourth-order valence-corrected chi connectivity index (χ4v) is 2.92. The van der Waals surface area contributed by atoms with Crippen LogP contribution >= 0.6 is 0 Å². The first-order chi connectivity index (χ1) is 10.7. The smallest absolute Gasteiger partial charge is 0.308 e. The fourth-order valence-electron chi connectivity index (χ4n) is 2.92. The van der Waals surface area contributed by atoms with Crippen molar-refractivity contribution in [3.63, 3.8) is 0 Å². The van der Waals surface area contributed by atoms with Gasteiger partial charge in [-0.3, -0.25) is 9.59 Å². The molecule has 126 valence electrons. The van der Waals surface area contributed by atoms with Crippen molar-refractivity contribution in [1.82, 2.24) is 4.90 Å². The van der Waals surface area contributed by atoms with E-state index in [4.69, 9.17) is 4.74 Å². The number of carboxylic acid groups (broad SMARTS) is 1. The van der Waals surface area contributed by atoms with Gasteiger partial charge in [-0.25, -0.2) is 4.39 Å². The first kappa shape index (κ1) is 17.2. The van der Waals surface area contributed by atoms with Crippen LogP contribution in [0.25, 0.3) is 0 Å². The van der Waals surface area contributed by atoms with Gasteiger partial charge in [-0.1, -0.05) is 6.92 Å². The Balaban J connectivity index is 2.10. The molecule has 6 heteroatoms. The number of piperidine rings is 1. The minimum atomic E-state index is -1.15. The van der Waals surface area contributed by atoms with E-state index >= 15 is 0 Å². The van der Waals surface area contributed by atoms with E-state index < -0.39 is 17.5 Å². The standard InChI is InChI=1S/C17H22FNO4/c1-11-8-12(15(20)21)10-19(9-11)16(22)17(2,3)23-14-6-4-13(18)5-7-14/h4-7,11-12H,8-10H2,1-3H3,(H,20,21). The maximum Gasteiger partial charge on any atom is 0.308 e. The van der Waals surface area contributed by atoms with E-state index in [9.17, 15) is 19.1 Å². The van der Waals surface area contributed by atoms with Crippen molar-refractivity contribution >= 4 is 11.9 Å². The highest BCUT2D eigenvalue weighted by Gasteiger charge is 2.39. The first-order valence-corrected chi connectivity index (χ1v) is 7.66. The summed E-state index contributed by atoms with van der Waals surface area (Å²) in [5.41, 5.74) is -1.15. The highest BCUT2D eigenvalue weighted by Crippen LogP contribution is 2.26. The van der Waals surface area contributed by atoms with Gasteiger partial charge in [-0.2, -0.15) is 0 Å². The molecule has 1 heterocycles. The SMILES string of the molecule is CC1CC(C(=O)O)CN(C(=O)C(C)(C)Oc2ccc(F)cc2)C1. The van der Waals surface area contributed by atoms with E-state index in [1.54, 1.807) is 18.7 Å². The van der Waals surface area contributed by atoms with Crippen molar-refractivity contribution in [1.29, 1.82) is 0 Å². The van der Waals surface area contributed by atoms with Crippen molar-refractivity contribution in [2.75, 3.05) is 13.1 Å². The zero-order chi connectivity index (χ0) is 17.2. The van der Waals surface area contributed by atoms with Crippen LogP contribution in [0.3, 0.4) is 0 Å². The largest absolute Gasteiger partial charge is 0.481 e. The lowest BCUT2D eigenvalue weighted by Crippen LogP contribution is -2.54. The Labute approximate surface area is 135 Å². The molecule has 1 saturated heterocycles. The molecule has 1 aliphatic rings. The van der Waals surface area contributed by atoms with Crippen LogP contribution in [0.5, 0.6) is 5.75 Å². The average molecular weight is 323 g/mol. The predicted molar refractivity (Wildman–Crippen MR) is 82.6 cm³/mol. The highest BCUT2D eigenvalue weighted by atomic mass is 19.1. The molecular weight excluding hydrogens is 301 g/mol. The second-order valence-corrected chi connectivity index (χ2v) is 6.65. The van der Waals surface area contributed by atoms with Crippen molar-refractivity contribution in [2.24, 2.45) is 11.8 Å². The molecule has 1 aliphatic heterocycles. The molecule has 1 fully saturated rings. The fraction of sp³-hybridized carbons (Fsp3) is 0.529. The van der Waals surface area contributed by atoms with Crippen LogP contribution in [-0.4, -0.2) is 40.6 Å². The van der Waals surface area contributed by atoms with Crippen molar-refractivity contribution in [2.45, 2.75) is 32.8 Å². The molecule has 0 radical (unpaired) electrons. The maximum atomic E-state index is 12.9. The molecule has 1 aromatic carbocycles. The number of ether oxygens (including phenoxy) is 1. The molecule has 2 unspecified atom stereocenters. The molecule has 0 saturated carbocycles. The molecule has 0 spiro atoms. The molecule has 0 aromatic heterocycles. The summed E-state index contributed by atoms with van der Waals surface area (Å²) in [6.07, 6.45) is 0.568. The molecular formula is C17H22FNO4. The number of aliphatic carboxylic acids is 1. The van der Waals surface area contributed by atoms with Crippen LogP contribution < -0.4 is 4.74 Å². The Morgan fingerprint density at radius 2 is 1.87 bits per heavy atom. The lowest BCUT2D eigenvalue weighted by atomic mass is 9.89. The third-order valence-electron chi connectivity index (χ3n) is 4.00. The number of benzene rings is 1. The summed E-state index contributed by atoms with van der Waals surface area (Å²) < 4.78 is 18.6. The van der Waals surface area contributed by atoms with Gasteiger partial charge in [0.15, 0.2) is 5.60 Å². The second-order valence-electron chi connectivity index (χ2n) is 6.65. The van der Waals surface area contributed by atoms with Crippen LogP contribution in [0.4, 0.5) is 4.39 Å². The number of hydrogen-bond acceptors (Lipinski definition) is 3. The van der Waals surface area contributed by atoms with Crippen molar-refractivity contribution in [3.8, 4) is 5.75 Å². The second kappa shape index (κ2) is 6.56. The number of hydrogen-bond donors (Lipinski definition) is 1. The third-order valence-corrected chi connectivity index (χ3v) is 4.00. The molecule has 23 heavy (non-hydrogen) atoms. The van der Waals surface area contributed by atoms with Crippen molar-refractivity contribution in [3.05, 3.63) is 30.1 Å². The summed E-state index contributed by atoms with van der Waals surface area (Å²) in [7, 11) is 0. The number of likely N-dealkylation sites (tertiary alicyclic amines) is 1. The maximum absolute atomic E-state index is 12.9. The van der Waals surface area contributed by atoms with E-state index in [2.05, 4.69) is 0 Å². The molecule has 1 N–H and O–H groups in total. The number of carbonyl (C=O) groups is 2. The molecule has 0 bridgehead atoms. The Morgan fingerprint density at radius 1 is 1.26 bits per heavy atom. The minimum absolute atomic E-state index is 0.121. The Hall–Kier alpha value is -2.11. The van der Waals surface area contributed by atoms with Gasteiger partial charge in [-0.15, -0.1) is 0 Å². The van der Waals surface area contributed by atoms with Gasteiger partial charge in [0, 0.05) is 13.1 Å². The van der Waals surface area contributed by atoms with Gasteiger partial charge in [0.2, 0.25) is 0 Å². The van der Waals surface area contributed by atoms with E-state index in [1.807, 2.05) is 6.92 Å². The summed E-state index contributed by atoms with van der Waals surface area (Å²) in [5, 5.41) is 9.21. The van der Waals surface area contributed by atoms with Gasteiger partial charge in [0.1, 0.15) is 11.6 Å². The summed E-state index contributed by atoms with van der Waals surface area (Å²) in [4.78, 5) is 25.5. The predicted octanol–water partition coefficient (Wildman–Crippen LogP) is 2.55. The zero-order valence-corrected chi connectivity index (χ0v) is 13.6. The quantitative estimate of drug-likeness (QED) is 0.925. The van der Waals surface area contributed by atoms with Gasteiger partial charge in [0.25, 0.3) is 5.91 Å². The molecule has 0 aliphatic carbocycles. The summed E-state index contributed by atoms with van der Waals surface area (Å²) in [5.74, 6) is -1.56. The molecule has 2 rings (SSSR count). The third kappa shape index (κ3) is 4.21. The van der Waals surface area contributed by atoms with E-state index in [-0.39, 0.29) is 24.2 Å². The number of amides is 1. The van der Waals surface area contributed by atoms with Crippen LogP contribution in [0.1, 0.15) is 27.2 Å². The van der Waals surface area contributed by atoms with Gasteiger partial charge < -0.3 is 14.7 Å². The van der Waals surface area contributed by atoms with E-state index in [1.165, 1.54) is 24.3 Å². The number of carboxylic acids is 1. The topological polar surface area (TPSA) is 66.8 Å². The minimum Gasteiger partial charge on any atom is -0.481 e. The van der Waals surface area contributed by atoms with Gasteiger partial charge >= 0.3 is 5.97 Å². The Bertz CT molecular complexity index is 585. The Kier molecular flexibility index (Phi) is 4.92. The molecule has 2 atom stereocenters. The summed E-state index contributed by atoms with van der Waals surface area (Å²) >= 11 is 0. The number of rotatable bonds is 4. The normalized spacial score (nSPS) is 21.8.